The number of nitrogens with zero attached hydrogens (tertiary/aromatic N) is 1. The van der Waals surface area contributed by atoms with E-state index in [0.29, 0.717) is 0 Å². The molecule has 1 aliphatic carbocycles. The molecule has 1 aromatic rings. The van der Waals surface area contributed by atoms with Crippen LogP contribution in [0.5, 0.6) is 0 Å². The molecule has 0 amide bonds. The molecule has 1 aliphatic rings. The summed E-state index contributed by atoms with van der Waals surface area (Å²) >= 11 is 0. The first kappa shape index (κ1) is 16.5. The molecule has 0 aliphatic heterocycles. The Bertz CT molecular complexity index is 633. The van der Waals surface area contributed by atoms with Crippen LogP contribution in [0.2, 0.25) is 0 Å². The molecule has 1 aromatic carbocycles. The van der Waals surface area contributed by atoms with Gasteiger partial charge in [0.1, 0.15) is 0 Å². The molecule has 2 rings (SSSR count). The molecule has 0 aromatic heterocycles. The molecule has 22 heavy (non-hydrogen) atoms. The Morgan fingerprint density at radius 1 is 1.23 bits per heavy atom. The Balaban J connectivity index is 2.45. The molecule has 0 saturated heterocycles. The number of hydrogen-bond donors (Lipinski definition) is 1. The van der Waals surface area contributed by atoms with Crippen LogP contribution in [0.3, 0.4) is 0 Å². The van der Waals surface area contributed by atoms with E-state index in [1.807, 2.05) is 0 Å². The zero-order valence-corrected chi connectivity index (χ0v) is 14.6. The third-order valence-corrected chi connectivity index (χ3v) is 4.34. The SMILES string of the molecule is CCCCC(=N)c1cc(N(C)C)ccc1C1=C(C)C=C(C)C1. The van der Waals surface area contributed by atoms with Gasteiger partial charge >= 0.3 is 0 Å². The predicted octanol–water partition coefficient (Wildman–Crippen LogP) is 5.43. The average Bonchev–Trinajstić information content (AvgIpc) is 2.82. The van der Waals surface area contributed by atoms with Crippen molar-refractivity contribution in [2.75, 3.05) is 19.0 Å². The first-order valence-electron chi connectivity index (χ1n) is 8.20. The second-order valence-corrected chi connectivity index (χ2v) is 6.54. The van der Waals surface area contributed by atoms with E-state index >= 15 is 0 Å². The largest absolute Gasteiger partial charge is 0.378 e. The number of nitrogens with one attached hydrogen (secondary N) is 1. The van der Waals surface area contributed by atoms with E-state index in [4.69, 9.17) is 5.41 Å². The molecule has 118 valence electrons. The van der Waals surface area contributed by atoms with Crippen LogP contribution >= 0.6 is 0 Å². The van der Waals surface area contributed by atoms with Crippen LogP contribution in [0.1, 0.15) is 57.6 Å². The molecule has 0 radical (unpaired) electrons. The van der Waals surface area contributed by atoms with Crippen LogP contribution in [0.25, 0.3) is 5.57 Å². The maximum absolute atomic E-state index is 8.53. The van der Waals surface area contributed by atoms with E-state index in [1.54, 1.807) is 0 Å². The minimum atomic E-state index is 0.769. The van der Waals surface area contributed by atoms with Crippen LogP contribution < -0.4 is 4.90 Å². The molecule has 0 spiro atoms. The highest BCUT2D eigenvalue weighted by atomic mass is 15.1. The summed E-state index contributed by atoms with van der Waals surface area (Å²) in [5, 5.41) is 8.53. The normalized spacial score (nSPS) is 14.3. The molecule has 0 unspecified atom stereocenters. The van der Waals surface area contributed by atoms with E-state index in [2.05, 4.69) is 64.0 Å². The summed E-state index contributed by atoms with van der Waals surface area (Å²) in [4.78, 5) is 2.11. The van der Waals surface area contributed by atoms with Gasteiger partial charge in [-0.3, -0.25) is 0 Å². The summed E-state index contributed by atoms with van der Waals surface area (Å²) in [6.45, 7) is 6.55. The highest BCUT2D eigenvalue weighted by Crippen LogP contribution is 2.36. The molecule has 0 heterocycles. The Labute approximate surface area is 135 Å². The van der Waals surface area contributed by atoms with Gasteiger partial charge in [0.05, 0.1) is 0 Å². The van der Waals surface area contributed by atoms with Crippen molar-refractivity contribution in [3.8, 4) is 0 Å². The van der Waals surface area contributed by atoms with Gasteiger partial charge in [-0.15, -0.1) is 0 Å². The Morgan fingerprint density at radius 2 is 1.95 bits per heavy atom. The summed E-state index contributed by atoms with van der Waals surface area (Å²) in [6, 6.07) is 6.55. The van der Waals surface area contributed by atoms with Gasteiger partial charge in [0.2, 0.25) is 0 Å². The van der Waals surface area contributed by atoms with Crippen molar-refractivity contribution in [1.82, 2.24) is 0 Å². The lowest BCUT2D eigenvalue weighted by Gasteiger charge is -2.19. The topological polar surface area (TPSA) is 27.1 Å². The lowest BCUT2D eigenvalue weighted by Crippen LogP contribution is -2.11. The minimum Gasteiger partial charge on any atom is -0.378 e. The summed E-state index contributed by atoms with van der Waals surface area (Å²) in [5.41, 5.74) is 8.44. The van der Waals surface area contributed by atoms with Gasteiger partial charge in [-0.05, 0) is 62.0 Å². The monoisotopic (exact) mass is 296 g/mol. The Hall–Kier alpha value is -1.83. The van der Waals surface area contributed by atoms with Crippen molar-refractivity contribution in [2.24, 2.45) is 0 Å². The number of rotatable bonds is 6. The average molecular weight is 296 g/mol. The molecule has 2 nitrogen and oxygen atoms in total. The van der Waals surface area contributed by atoms with Gasteiger partial charge in [0.15, 0.2) is 0 Å². The summed E-state index contributed by atoms with van der Waals surface area (Å²) in [5.74, 6) is 0. The standard InChI is InChI=1S/C20H28N2/c1-6-7-8-20(21)19-13-16(22(4)5)9-10-17(19)18-12-14(2)11-15(18)3/h9-11,13,21H,6-8,12H2,1-5H3. The van der Waals surface area contributed by atoms with Gasteiger partial charge in [0.25, 0.3) is 0 Å². The van der Waals surface area contributed by atoms with E-state index in [-0.39, 0.29) is 0 Å². The fourth-order valence-electron chi connectivity index (χ4n) is 3.05. The number of benzene rings is 1. The Morgan fingerprint density at radius 3 is 2.50 bits per heavy atom. The van der Waals surface area contributed by atoms with Crippen LogP contribution in [0.4, 0.5) is 5.69 Å². The van der Waals surface area contributed by atoms with Crippen molar-refractivity contribution < 1.29 is 0 Å². The highest BCUT2D eigenvalue weighted by molar-refractivity contribution is 6.04. The maximum atomic E-state index is 8.53. The third-order valence-electron chi connectivity index (χ3n) is 4.34. The first-order chi connectivity index (χ1) is 10.4. The number of anilines is 1. The number of hydrogen-bond acceptors (Lipinski definition) is 2. The second-order valence-electron chi connectivity index (χ2n) is 6.54. The van der Waals surface area contributed by atoms with E-state index in [1.165, 1.54) is 28.0 Å². The van der Waals surface area contributed by atoms with Crippen LogP contribution in [-0.2, 0) is 0 Å². The molecule has 0 fully saturated rings. The van der Waals surface area contributed by atoms with Crippen molar-refractivity contribution in [3.05, 3.63) is 46.5 Å². The minimum absolute atomic E-state index is 0.769. The van der Waals surface area contributed by atoms with Gasteiger partial charge in [-0.1, -0.05) is 31.1 Å². The zero-order chi connectivity index (χ0) is 16.3. The van der Waals surface area contributed by atoms with Gasteiger partial charge in [0, 0.05) is 31.1 Å². The zero-order valence-electron chi connectivity index (χ0n) is 14.6. The third kappa shape index (κ3) is 3.49. The van der Waals surface area contributed by atoms with Crippen molar-refractivity contribution in [1.29, 1.82) is 5.41 Å². The van der Waals surface area contributed by atoms with Crippen LogP contribution in [0.15, 0.2) is 35.4 Å². The summed E-state index contributed by atoms with van der Waals surface area (Å²) in [6.07, 6.45) is 6.36. The second kappa shape index (κ2) is 6.95. The summed E-state index contributed by atoms with van der Waals surface area (Å²) in [7, 11) is 4.11. The van der Waals surface area contributed by atoms with Gasteiger partial charge in [-0.2, -0.15) is 0 Å². The lowest BCUT2D eigenvalue weighted by molar-refractivity contribution is 0.832. The molecule has 0 saturated carbocycles. The fourth-order valence-corrected chi connectivity index (χ4v) is 3.05. The van der Waals surface area contributed by atoms with Crippen molar-refractivity contribution >= 4 is 17.0 Å². The number of allylic oxidation sites excluding steroid dienone is 4. The van der Waals surface area contributed by atoms with E-state index in [0.717, 1.165) is 37.0 Å². The van der Waals surface area contributed by atoms with Crippen LogP contribution in [-0.4, -0.2) is 19.8 Å². The molecule has 2 heteroatoms. The highest BCUT2D eigenvalue weighted by Gasteiger charge is 2.18. The smallest absolute Gasteiger partial charge is 0.0393 e. The van der Waals surface area contributed by atoms with Crippen molar-refractivity contribution in [2.45, 2.75) is 46.5 Å². The molecule has 1 N–H and O–H groups in total. The van der Waals surface area contributed by atoms with E-state index < -0.39 is 0 Å². The van der Waals surface area contributed by atoms with Gasteiger partial charge in [-0.25, -0.2) is 0 Å². The maximum Gasteiger partial charge on any atom is 0.0393 e. The molecular weight excluding hydrogens is 268 g/mol. The molecule has 0 bridgehead atoms. The van der Waals surface area contributed by atoms with E-state index in [9.17, 15) is 0 Å². The van der Waals surface area contributed by atoms with Gasteiger partial charge < -0.3 is 10.3 Å². The lowest BCUT2D eigenvalue weighted by atomic mass is 9.91. The van der Waals surface area contributed by atoms with Crippen molar-refractivity contribution in [3.63, 3.8) is 0 Å². The molecule has 0 atom stereocenters. The predicted molar refractivity (Wildman–Crippen MR) is 98.1 cm³/mol. The fraction of sp³-hybridized carbons (Fsp3) is 0.450. The summed E-state index contributed by atoms with van der Waals surface area (Å²) < 4.78 is 0. The molecular formula is C20H28N2. The first-order valence-corrected chi connectivity index (χ1v) is 8.20. The quantitative estimate of drug-likeness (QED) is 0.696. The van der Waals surface area contributed by atoms with Crippen LogP contribution in [0, 0.1) is 5.41 Å². The number of unbranched alkanes of at least 4 members (excludes halogenated alkanes) is 1. The Kier molecular flexibility index (Phi) is 5.23.